The van der Waals surface area contributed by atoms with Crippen LogP contribution in [-0.4, -0.2) is 33.6 Å². The van der Waals surface area contributed by atoms with Crippen molar-refractivity contribution in [2.75, 3.05) is 13.1 Å². The zero-order valence-corrected chi connectivity index (χ0v) is 20.9. The van der Waals surface area contributed by atoms with Gasteiger partial charge in [0.25, 0.3) is 0 Å². The molecule has 0 unspecified atom stereocenters. The van der Waals surface area contributed by atoms with E-state index in [4.69, 9.17) is 28.5 Å². The van der Waals surface area contributed by atoms with Crippen LogP contribution in [0.5, 0.6) is 0 Å². The van der Waals surface area contributed by atoms with E-state index in [9.17, 15) is 4.79 Å². The van der Waals surface area contributed by atoms with Crippen molar-refractivity contribution in [1.29, 1.82) is 5.26 Å². The van der Waals surface area contributed by atoms with E-state index in [0.717, 1.165) is 59.3 Å². The van der Waals surface area contributed by atoms with Gasteiger partial charge >= 0.3 is 6.03 Å². The topological polar surface area (TPSA) is 74.0 Å². The van der Waals surface area contributed by atoms with Crippen molar-refractivity contribution in [2.24, 2.45) is 0 Å². The third-order valence-corrected chi connectivity index (χ3v) is 6.78. The van der Waals surface area contributed by atoms with Crippen molar-refractivity contribution in [3.8, 4) is 6.07 Å². The maximum Gasteiger partial charge on any atom is 0.326 e. The summed E-state index contributed by atoms with van der Waals surface area (Å²) >= 11 is 12.3. The molecular weight excluding hydrogens is 493 g/mol. The number of fused-ring (bicyclic) bond motifs is 3. The van der Waals surface area contributed by atoms with E-state index in [1.165, 1.54) is 0 Å². The fourth-order valence-electron chi connectivity index (χ4n) is 4.59. The Hall–Kier alpha value is -3.63. The number of aromatic nitrogens is 2. The van der Waals surface area contributed by atoms with Gasteiger partial charge < -0.3 is 5.32 Å². The molecule has 1 aliphatic heterocycles. The van der Waals surface area contributed by atoms with Crippen LogP contribution in [0.15, 0.2) is 66.9 Å². The summed E-state index contributed by atoms with van der Waals surface area (Å²) in [6, 6.07) is 18.7. The molecule has 0 saturated heterocycles. The lowest BCUT2D eigenvalue weighted by atomic mass is 10.0. The van der Waals surface area contributed by atoms with E-state index < -0.39 is 0 Å². The SMILES string of the molecule is N#Cc1ccc(C=CCN2CCc3c(c4cc(Cl)ccc4n3C(=O)NCc3ccnc(Cl)c3)C2)cc1. The van der Waals surface area contributed by atoms with E-state index in [2.05, 4.69) is 33.4 Å². The first kappa shape index (κ1) is 24.1. The largest absolute Gasteiger partial charge is 0.333 e. The number of halogens is 2. The van der Waals surface area contributed by atoms with Crippen molar-refractivity contribution in [1.82, 2.24) is 19.8 Å². The fraction of sp³-hybridized carbons (Fsp3) is 0.179. The van der Waals surface area contributed by atoms with Crippen LogP contribution in [0.25, 0.3) is 17.0 Å². The second kappa shape index (κ2) is 10.5. The van der Waals surface area contributed by atoms with Gasteiger partial charge in [-0.15, -0.1) is 0 Å². The van der Waals surface area contributed by atoms with Crippen LogP contribution < -0.4 is 5.32 Å². The lowest BCUT2D eigenvalue weighted by molar-refractivity contribution is 0.240. The van der Waals surface area contributed by atoms with Gasteiger partial charge in [-0.1, -0.05) is 47.5 Å². The third-order valence-electron chi connectivity index (χ3n) is 6.34. The van der Waals surface area contributed by atoms with Crippen LogP contribution in [0, 0.1) is 11.3 Å². The molecule has 1 N–H and O–H groups in total. The van der Waals surface area contributed by atoms with Crippen LogP contribution in [0.3, 0.4) is 0 Å². The molecule has 0 bridgehead atoms. The van der Waals surface area contributed by atoms with E-state index in [1.807, 2.05) is 48.5 Å². The van der Waals surface area contributed by atoms with Gasteiger partial charge in [0.15, 0.2) is 0 Å². The molecule has 36 heavy (non-hydrogen) atoms. The second-order valence-electron chi connectivity index (χ2n) is 8.69. The molecule has 5 rings (SSSR count). The molecule has 0 spiro atoms. The molecule has 6 nitrogen and oxygen atoms in total. The van der Waals surface area contributed by atoms with Crippen molar-refractivity contribution in [3.63, 3.8) is 0 Å². The molecule has 180 valence electrons. The Morgan fingerprint density at radius 1 is 1.14 bits per heavy atom. The quantitative estimate of drug-likeness (QED) is 0.328. The number of rotatable bonds is 5. The molecule has 0 fully saturated rings. The van der Waals surface area contributed by atoms with Crippen molar-refractivity contribution < 1.29 is 4.79 Å². The third kappa shape index (κ3) is 5.14. The molecule has 2 aromatic carbocycles. The average molecular weight is 516 g/mol. The summed E-state index contributed by atoms with van der Waals surface area (Å²) in [6.07, 6.45) is 6.57. The number of nitriles is 1. The van der Waals surface area contributed by atoms with Crippen LogP contribution in [0.4, 0.5) is 4.79 Å². The number of carbonyl (C=O) groups excluding carboxylic acids is 1. The number of nitrogens with one attached hydrogen (secondary N) is 1. The van der Waals surface area contributed by atoms with Crippen LogP contribution in [0.2, 0.25) is 10.2 Å². The molecule has 3 heterocycles. The first-order chi connectivity index (χ1) is 17.5. The summed E-state index contributed by atoms with van der Waals surface area (Å²) in [5.41, 5.74) is 5.60. The normalized spacial score (nSPS) is 13.6. The van der Waals surface area contributed by atoms with E-state index >= 15 is 0 Å². The lowest BCUT2D eigenvalue weighted by Gasteiger charge is -2.27. The molecule has 4 aromatic rings. The summed E-state index contributed by atoms with van der Waals surface area (Å²) in [5, 5.41) is 14.0. The highest BCUT2D eigenvalue weighted by Gasteiger charge is 2.26. The van der Waals surface area contributed by atoms with Gasteiger partial charge in [0.05, 0.1) is 17.1 Å². The second-order valence-corrected chi connectivity index (χ2v) is 9.51. The first-order valence-electron chi connectivity index (χ1n) is 11.6. The Morgan fingerprint density at radius 2 is 1.97 bits per heavy atom. The Labute approximate surface area is 219 Å². The number of amides is 1. The molecule has 2 aromatic heterocycles. The van der Waals surface area contributed by atoms with Crippen LogP contribution in [0.1, 0.15) is 27.9 Å². The molecule has 0 atom stereocenters. The van der Waals surface area contributed by atoms with Gasteiger partial charge in [0.1, 0.15) is 5.15 Å². The first-order valence-corrected chi connectivity index (χ1v) is 12.4. The number of benzene rings is 2. The smallest absolute Gasteiger partial charge is 0.326 e. The molecule has 1 aliphatic rings. The molecular formula is C28H23Cl2N5O. The zero-order valence-electron chi connectivity index (χ0n) is 19.4. The zero-order chi connectivity index (χ0) is 25.1. The summed E-state index contributed by atoms with van der Waals surface area (Å²) in [7, 11) is 0. The van der Waals surface area contributed by atoms with Crippen molar-refractivity contribution >= 4 is 46.2 Å². The maximum atomic E-state index is 13.3. The Balaban J connectivity index is 1.35. The van der Waals surface area contributed by atoms with Crippen LogP contribution >= 0.6 is 23.2 Å². The number of pyridine rings is 1. The molecule has 0 radical (unpaired) electrons. The maximum absolute atomic E-state index is 13.3. The minimum absolute atomic E-state index is 0.175. The summed E-state index contributed by atoms with van der Waals surface area (Å²) in [4.78, 5) is 19.7. The highest BCUT2D eigenvalue weighted by molar-refractivity contribution is 6.31. The van der Waals surface area contributed by atoms with Crippen LogP contribution in [-0.2, 0) is 19.5 Å². The minimum Gasteiger partial charge on any atom is -0.333 e. The highest BCUT2D eigenvalue weighted by atomic mass is 35.5. The summed E-state index contributed by atoms with van der Waals surface area (Å²) in [5.74, 6) is 0. The van der Waals surface area contributed by atoms with Crippen molar-refractivity contribution in [3.05, 3.63) is 105 Å². The van der Waals surface area contributed by atoms with Gasteiger partial charge in [-0.2, -0.15) is 5.26 Å². The molecule has 8 heteroatoms. The standard InChI is InChI=1S/C28H23Cl2N5O/c29-22-7-8-25-23(15-22)24-18-34(12-1-2-19-3-5-20(16-31)6-4-19)13-10-26(24)35(25)28(36)33-17-21-9-11-32-27(30)14-21/h1-9,11,14-15H,10,12-13,17-18H2,(H,33,36). The van der Waals surface area contributed by atoms with Gasteiger partial charge in [-0.05, 0) is 59.2 Å². The monoisotopic (exact) mass is 515 g/mol. The Kier molecular flexibility index (Phi) is 7.06. The Morgan fingerprint density at radius 3 is 2.75 bits per heavy atom. The van der Waals surface area contributed by atoms with E-state index in [-0.39, 0.29) is 6.03 Å². The van der Waals surface area contributed by atoms with Gasteiger partial charge in [0.2, 0.25) is 0 Å². The average Bonchev–Trinajstić information content (AvgIpc) is 3.21. The van der Waals surface area contributed by atoms with Gasteiger partial charge in [-0.3, -0.25) is 9.47 Å². The molecule has 0 aliphatic carbocycles. The number of carbonyl (C=O) groups is 1. The Bertz CT molecular complexity index is 1500. The molecule has 1 amide bonds. The summed E-state index contributed by atoms with van der Waals surface area (Å²) < 4.78 is 1.79. The predicted octanol–water partition coefficient (Wildman–Crippen LogP) is 6.04. The summed E-state index contributed by atoms with van der Waals surface area (Å²) in [6.45, 7) is 2.70. The van der Waals surface area contributed by atoms with E-state index in [0.29, 0.717) is 22.3 Å². The van der Waals surface area contributed by atoms with Gasteiger partial charge in [0, 0.05) is 54.9 Å². The minimum atomic E-state index is -0.175. The number of nitrogens with zero attached hydrogens (tertiary/aromatic N) is 4. The number of hydrogen-bond acceptors (Lipinski definition) is 4. The fourth-order valence-corrected chi connectivity index (χ4v) is 4.96. The van der Waals surface area contributed by atoms with Crippen molar-refractivity contribution in [2.45, 2.75) is 19.5 Å². The predicted molar refractivity (Wildman–Crippen MR) is 143 cm³/mol. The van der Waals surface area contributed by atoms with Gasteiger partial charge in [-0.25, -0.2) is 9.78 Å². The van der Waals surface area contributed by atoms with E-state index in [1.54, 1.807) is 16.8 Å². The highest BCUT2D eigenvalue weighted by Crippen LogP contribution is 2.32. The number of hydrogen-bond donors (Lipinski definition) is 1. The lowest BCUT2D eigenvalue weighted by Crippen LogP contribution is -2.34. The molecule has 0 saturated carbocycles.